The monoisotopic (exact) mass is 431 g/mol. The third kappa shape index (κ3) is 4.54. The van der Waals surface area contributed by atoms with Crippen molar-refractivity contribution in [2.45, 2.75) is 11.8 Å². The molecule has 0 saturated carbocycles. The third-order valence-electron chi connectivity index (χ3n) is 5.74. The lowest BCUT2D eigenvalue weighted by atomic mass is 9.66. The van der Waals surface area contributed by atoms with Crippen molar-refractivity contribution in [3.05, 3.63) is 113 Å². The van der Waals surface area contributed by atoms with E-state index in [1.54, 1.807) is 24.3 Å². The number of allylic oxidation sites excluding steroid dienone is 2. The molecule has 1 aliphatic carbocycles. The van der Waals surface area contributed by atoms with Gasteiger partial charge in [0, 0.05) is 22.5 Å². The number of aliphatic carboxylic acids is 1. The smallest absolute Gasteiger partial charge is 0.308 e. The molecule has 0 aromatic heterocycles. The zero-order chi connectivity index (χ0) is 21.8. The van der Waals surface area contributed by atoms with Crippen molar-refractivity contribution < 1.29 is 14.7 Å². The van der Waals surface area contributed by atoms with E-state index in [2.05, 4.69) is 5.32 Å². The van der Waals surface area contributed by atoms with Crippen molar-refractivity contribution in [2.24, 2.45) is 11.8 Å². The number of carboxylic acid groups (broad SMARTS) is 1. The van der Waals surface area contributed by atoms with E-state index in [9.17, 15) is 14.7 Å². The normalized spacial score (nSPS) is 22.6. The quantitative estimate of drug-likeness (QED) is 0.507. The van der Waals surface area contributed by atoms with Gasteiger partial charge in [0.15, 0.2) is 0 Å². The highest BCUT2D eigenvalue weighted by Gasteiger charge is 2.46. The zero-order valence-electron chi connectivity index (χ0n) is 16.7. The molecule has 1 amide bonds. The molecular weight excluding hydrogens is 410 g/mol. The lowest BCUT2D eigenvalue weighted by Gasteiger charge is -2.37. The van der Waals surface area contributed by atoms with Gasteiger partial charge in [0.2, 0.25) is 5.91 Å². The number of carbonyl (C=O) groups is 2. The minimum Gasteiger partial charge on any atom is -0.481 e. The maximum atomic E-state index is 13.5. The standard InChI is InChI=1S/C26H22ClNO3/c27-19-12-7-13-20(16-19)28-25(29)23-21(17-8-3-1-4-9-17)14-15-22(24(23)26(30)31)18-10-5-2-6-11-18/h1-16,21-24H,(H,28,29)(H,30,31)/t21-,22-,23+,24+/m0/s1. The number of carbonyl (C=O) groups excluding carboxylic acids is 1. The fourth-order valence-corrected chi connectivity index (χ4v) is 4.53. The molecular formula is C26H22ClNO3. The van der Waals surface area contributed by atoms with Gasteiger partial charge in [-0.3, -0.25) is 9.59 Å². The van der Waals surface area contributed by atoms with E-state index in [-0.39, 0.29) is 11.8 Å². The molecule has 0 unspecified atom stereocenters. The van der Waals surface area contributed by atoms with Gasteiger partial charge >= 0.3 is 5.97 Å². The number of anilines is 1. The van der Waals surface area contributed by atoms with Crippen LogP contribution >= 0.6 is 11.6 Å². The zero-order valence-corrected chi connectivity index (χ0v) is 17.4. The Kier molecular flexibility index (Phi) is 6.19. The predicted molar refractivity (Wildman–Crippen MR) is 122 cm³/mol. The first kappa shape index (κ1) is 20.9. The lowest BCUT2D eigenvalue weighted by molar-refractivity contribution is -0.147. The molecule has 0 saturated heterocycles. The maximum absolute atomic E-state index is 13.5. The van der Waals surface area contributed by atoms with Crippen LogP contribution in [-0.2, 0) is 9.59 Å². The van der Waals surface area contributed by atoms with Crippen molar-refractivity contribution >= 4 is 29.2 Å². The molecule has 156 valence electrons. The van der Waals surface area contributed by atoms with Gasteiger partial charge in [0.25, 0.3) is 0 Å². The number of hydrogen-bond donors (Lipinski definition) is 2. The second-order valence-electron chi connectivity index (χ2n) is 7.65. The Morgan fingerprint density at radius 3 is 1.81 bits per heavy atom. The molecule has 0 aliphatic heterocycles. The maximum Gasteiger partial charge on any atom is 0.308 e. The van der Waals surface area contributed by atoms with Crippen LogP contribution in [0.25, 0.3) is 0 Å². The fourth-order valence-electron chi connectivity index (χ4n) is 4.34. The van der Waals surface area contributed by atoms with Crippen molar-refractivity contribution in [3.8, 4) is 0 Å². The Bertz CT molecular complexity index is 1100. The van der Waals surface area contributed by atoms with Gasteiger partial charge < -0.3 is 10.4 Å². The molecule has 3 aromatic carbocycles. The average molecular weight is 432 g/mol. The Labute approximate surface area is 186 Å². The number of amides is 1. The van der Waals surface area contributed by atoms with E-state index in [1.165, 1.54) is 0 Å². The summed E-state index contributed by atoms with van der Waals surface area (Å²) in [5.74, 6) is -3.82. The summed E-state index contributed by atoms with van der Waals surface area (Å²) >= 11 is 6.06. The van der Waals surface area contributed by atoms with Gasteiger partial charge in [0.05, 0.1) is 11.8 Å². The Morgan fingerprint density at radius 2 is 1.29 bits per heavy atom. The highest BCUT2D eigenvalue weighted by Crippen LogP contribution is 2.45. The second-order valence-corrected chi connectivity index (χ2v) is 8.08. The summed E-state index contributed by atoms with van der Waals surface area (Å²) in [7, 11) is 0. The Balaban J connectivity index is 1.77. The van der Waals surface area contributed by atoms with Crippen LogP contribution in [0.15, 0.2) is 97.1 Å². The summed E-state index contributed by atoms with van der Waals surface area (Å²) in [6.07, 6.45) is 3.89. The largest absolute Gasteiger partial charge is 0.481 e. The molecule has 2 N–H and O–H groups in total. The van der Waals surface area contributed by atoms with E-state index >= 15 is 0 Å². The minimum absolute atomic E-state index is 0.339. The molecule has 5 heteroatoms. The summed E-state index contributed by atoms with van der Waals surface area (Å²) in [5.41, 5.74) is 2.32. The van der Waals surface area contributed by atoms with E-state index < -0.39 is 23.7 Å². The predicted octanol–water partition coefficient (Wildman–Crippen LogP) is 5.73. The molecule has 0 fully saturated rings. The van der Waals surface area contributed by atoms with Crippen molar-refractivity contribution in [1.29, 1.82) is 0 Å². The van der Waals surface area contributed by atoms with Crippen molar-refractivity contribution in [3.63, 3.8) is 0 Å². The SMILES string of the molecule is O=C(O)[C@H]1[C@H](C(=O)Nc2cccc(Cl)c2)[C@H](c2ccccc2)C=C[C@H]1c1ccccc1. The van der Waals surface area contributed by atoms with E-state index in [0.29, 0.717) is 10.7 Å². The first-order valence-corrected chi connectivity index (χ1v) is 10.5. The number of rotatable bonds is 5. The molecule has 31 heavy (non-hydrogen) atoms. The van der Waals surface area contributed by atoms with Crippen LogP contribution in [0.4, 0.5) is 5.69 Å². The molecule has 0 spiro atoms. The molecule has 1 aliphatic rings. The summed E-state index contributed by atoms with van der Waals surface area (Å²) in [5, 5.41) is 13.6. The van der Waals surface area contributed by atoms with Gasteiger partial charge in [-0.1, -0.05) is 90.5 Å². The van der Waals surface area contributed by atoms with Gasteiger partial charge in [-0.15, -0.1) is 0 Å². The van der Waals surface area contributed by atoms with Crippen LogP contribution in [0, 0.1) is 11.8 Å². The topological polar surface area (TPSA) is 66.4 Å². The van der Waals surface area contributed by atoms with Crippen molar-refractivity contribution in [1.82, 2.24) is 0 Å². The molecule has 0 heterocycles. The summed E-state index contributed by atoms with van der Waals surface area (Å²) in [6, 6.07) is 25.9. The van der Waals surface area contributed by atoms with Gasteiger partial charge in [-0.05, 0) is 29.3 Å². The first-order chi connectivity index (χ1) is 15.0. The molecule has 0 radical (unpaired) electrons. The van der Waals surface area contributed by atoms with E-state index in [1.807, 2.05) is 72.8 Å². The third-order valence-corrected chi connectivity index (χ3v) is 5.97. The highest BCUT2D eigenvalue weighted by molar-refractivity contribution is 6.30. The van der Waals surface area contributed by atoms with Crippen LogP contribution in [0.2, 0.25) is 5.02 Å². The van der Waals surface area contributed by atoms with E-state index in [0.717, 1.165) is 11.1 Å². The first-order valence-electron chi connectivity index (χ1n) is 10.1. The summed E-state index contributed by atoms with van der Waals surface area (Å²) in [6.45, 7) is 0. The van der Waals surface area contributed by atoms with Gasteiger partial charge in [0.1, 0.15) is 0 Å². The highest BCUT2D eigenvalue weighted by atomic mass is 35.5. The number of halogens is 1. The van der Waals surface area contributed by atoms with E-state index in [4.69, 9.17) is 11.6 Å². The number of benzene rings is 3. The van der Waals surface area contributed by atoms with Crippen LogP contribution in [0.5, 0.6) is 0 Å². The summed E-state index contributed by atoms with van der Waals surface area (Å²) in [4.78, 5) is 26.0. The number of carboxylic acids is 1. The fraction of sp³-hybridized carbons (Fsp3) is 0.154. The Hall–Kier alpha value is -3.37. The lowest BCUT2D eigenvalue weighted by Crippen LogP contribution is -2.42. The van der Waals surface area contributed by atoms with Crippen molar-refractivity contribution in [2.75, 3.05) is 5.32 Å². The van der Waals surface area contributed by atoms with Gasteiger partial charge in [-0.25, -0.2) is 0 Å². The molecule has 3 aromatic rings. The van der Waals surface area contributed by atoms with Crippen LogP contribution in [-0.4, -0.2) is 17.0 Å². The number of nitrogens with one attached hydrogen (secondary N) is 1. The minimum atomic E-state index is -0.995. The summed E-state index contributed by atoms with van der Waals surface area (Å²) < 4.78 is 0. The van der Waals surface area contributed by atoms with Crippen LogP contribution in [0.1, 0.15) is 23.0 Å². The van der Waals surface area contributed by atoms with Gasteiger partial charge in [-0.2, -0.15) is 0 Å². The molecule has 4 rings (SSSR count). The number of hydrogen-bond acceptors (Lipinski definition) is 2. The van der Waals surface area contributed by atoms with Crippen LogP contribution in [0.3, 0.4) is 0 Å². The Morgan fingerprint density at radius 1 is 0.742 bits per heavy atom. The van der Waals surface area contributed by atoms with Crippen LogP contribution < -0.4 is 5.32 Å². The molecule has 4 nitrogen and oxygen atoms in total. The molecule has 0 bridgehead atoms. The average Bonchev–Trinajstić information content (AvgIpc) is 2.79. The molecule has 4 atom stereocenters. The second kappa shape index (κ2) is 9.19.